The fourth-order valence-corrected chi connectivity index (χ4v) is 3.49. The maximum absolute atomic E-state index is 12.7. The van der Waals surface area contributed by atoms with Gasteiger partial charge in [0.15, 0.2) is 5.76 Å². The van der Waals surface area contributed by atoms with Gasteiger partial charge in [-0.3, -0.25) is 4.79 Å². The molecule has 0 radical (unpaired) electrons. The van der Waals surface area contributed by atoms with Crippen LogP contribution in [0.4, 0.5) is 0 Å². The van der Waals surface area contributed by atoms with Gasteiger partial charge in [-0.15, -0.1) is 0 Å². The summed E-state index contributed by atoms with van der Waals surface area (Å²) in [6.45, 7) is 6.31. The van der Waals surface area contributed by atoms with Gasteiger partial charge >= 0.3 is 11.9 Å². The third-order valence-electron chi connectivity index (χ3n) is 5.47. The number of carbonyl (C=O) groups is 3. The quantitative estimate of drug-likeness (QED) is 0.289. The fourth-order valence-electron chi connectivity index (χ4n) is 3.49. The molecule has 0 fully saturated rings. The number of carbonyl (C=O) groups excluding carboxylic acids is 3. The standard InChI is InChI=1S/C28H24O6/c1-28(2,3)20-11-9-19(10-12-20)27(31)33-21-13-14-22-23(16-21)34-24(25(22)29)15-17-5-7-18(8-6-17)26(30)32-4/h5-16H,1-4H3/b24-15-. The van der Waals surface area contributed by atoms with E-state index in [0.29, 0.717) is 28.0 Å². The second kappa shape index (κ2) is 8.98. The molecule has 0 saturated carbocycles. The van der Waals surface area contributed by atoms with Crippen LogP contribution in [-0.2, 0) is 10.2 Å². The lowest BCUT2D eigenvalue weighted by atomic mass is 9.87. The summed E-state index contributed by atoms with van der Waals surface area (Å²) in [4.78, 5) is 36.9. The Labute approximate surface area is 197 Å². The van der Waals surface area contributed by atoms with Crippen LogP contribution in [0.25, 0.3) is 6.08 Å². The summed E-state index contributed by atoms with van der Waals surface area (Å²) >= 11 is 0. The van der Waals surface area contributed by atoms with E-state index < -0.39 is 11.9 Å². The van der Waals surface area contributed by atoms with Crippen molar-refractivity contribution in [3.05, 3.63) is 100 Å². The van der Waals surface area contributed by atoms with Crippen LogP contribution in [0.5, 0.6) is 11.5 Å². The summed E-state index contributed by atoms with van der Waals surface area (Å²) in [6, 6.07) is 18.6. The molecule has 0 atom stereocenters. The molecule has 4 rings (SSSR count). The molecule has 0 amide bonds. The number of allylic oxidation sites excluding steroid dienone is 1. The first-order chi connectivity index (χ1) is 16.2. The fraction of sp³-hybridized carbons (Fsp3) is 0.179. The van der Waals surface area contributed by atoms with Crippen molar-refractivity contribution in [2.75, 3.05) is 7.11 Å². The van der Waals surface area contributed by atoms with Crippen molar-refractivity contribution >= 4 is 23.8 Å². The van der Waals surface area contributed by atoms with Gasteiger partial charge in [0.25, 0.3) is 0 Å². The number of hydrogen-bond acceptors (Lipinski definition) is 6. The van der Waals surface area contributed by atoms with Crippen molar-refractivity contribution < 1.29 is 28.6 Å². The second-order valence-electron chi connectivity index (χ2n) is 8.93. The molecule has 3 aromatic carbocycles. The molecule has 6 nitrogen and oxygen atoms in total. The highest BCUT2D eigenvalue weighted by atomic mass is 16.5. The summed E-state index contributed by atoms with van der Waals surface area (Å²) in [5, 5.41) is 0. The lowest BCUT2D eigenvalue weighted by molar-refractivity contribution is 0.0600. The molecule has 1 aliphatic rings. The van der Waals surface area contributed by atoms with Crippen molar-refractivity contribution in [2.45, 2.75) is 26.2 Å². The van der Waals surface area contributed by atoms with E-state index in [0.717, 1.165) is 5.56 Å². The predicted molar refractivity (Wildman–Crippen MR) is 127 cm³/mol. The first-order valence-electron chi connectivity index (χ1n) is 10.7. The number of ether oxygens (including phenoxy) is 3. The Morgan fingerprint density at radius 2 is 1.47 bits per heavy atom. The largest absolute Gasteiger partial charge is 0.465 e. The number of benzene rings is 3. The minimum absolute atomic E-state index is 0.0130. The minimum atomic E-state index is -0.494. The van der Waals surface area contributed by atoms with Crippen molar-refractivity contribution in [3.63, 3.8) is 0 Å². The Morgan fingerprint density at radius 3 is 2.09 bits per heavy atom. The highest BCUT2D eigenvalue weighted by Gasteiger charge is 2.28. The Bertz CT molecular complexity index is 1290. The number of Topliss-reactive ketones (excluding diaryl/α,β-unsaturated/α-hetero) is 1. The van der Waals surface area contributed by atoms with Crippen LogP contribution in [0.2, 0.25) is 0 Å². The smallest absolute Gasteiger partial charge is 0.343 e. The van der Waals surface area contributed by atoms with E-state index in [1.165, 1.54) is 13.2 Å². The van der Waals surface area contributed by atoms with Crippen LogP contribution >= 0.6 is 0 Å². The molecule has 0 spiro atoms. The molecule has 0 saturated heterocycles. The van der Waals surface area contributed by atoms with Crippen molar-refractivity contribution in [2.24, 2.45) is 0 Å². The third-order valence-corrected chi connectivity index (χ3v) is 5.47. The van der Waals surface area contributed by atoms with Crippen LogP contribution in [0.1, 0.15) is 63.0 Å². The van der Waals surface area contributed by atoms with E-state index >= 15 is 0 Å². The van der Waals surface area contributed by atoms with Gasteiger partial charge in [0.2, 0.25) is 5.78 Å². The summed E-state index contributed by atoms with van der Waals surface area (Å²) in [5.74, 6) is -0.473. The molecule has 0 aliphatic carbocycles. The van der Waals surface area contributed by atoms with Crippen LogP contribution in [0, 0.1) is 0 Å². The number of hydrogen-bond donors (Lipinski definition) is 0. The van der Waals surface area contributed by atoms with Gasteiger partial charge in [-0.1, -0.05) is 45.0 Å². The Hall–Kier alpha value is -4.19. The lowest BCUT2D eigenvalue weighted by Crippen LogP contribution is -2.12. The highest BCUT2D eigenvalue weighted by Crippen LogP contribution is 2.35. The monoisotopic (exact) mass is 456 g/mol. The first kappa shape index (κ1) is 23.0. The second-order valence-corrected chi connectivity index (χ2v) is 8.93. The van der Waals surface area contributed by atoms with Crippen molar-refractivity contribution in [1.29, 1.82) is 0 Å². The van der Waals surface area contributed by atoms with Gasteiger partial charge in [-0.25, -0.2) is 9.59 Å². The third kappa shape index (κ3) is 4.76. The molecule has 0 unspecified atom stereocenters. The lowest BCUT2D eigenvalue weighted by Gasteiger charge is -2.18. The van der Waals surface area contributed by atoms with Gasteiger partial charge in [0.05, 0.1) is 23.8 Å². The zero-order valence-corrected chi connectivity index (χ0v) is 19.4. The predicted octanol–water partition coefficient (Wildman–Crippen LogP) is 5.61. The van der Waals surface area contributed by atoms with E-state index in [2.05, 4.69) is 25.5 Å². The molecule has 1 heterocycles. The van der Waals surface area contributed by atoms with E-state index in [9.17, 15) is 14.4 Å². The maximum Gasteiger partial charge on any atom is 0.343 e. The molecule has 6 heteroatoms. The van der Waals surface area contributed by atoms with E-state index in [-0.39, 0.29) is 22.7 Å². The van der Waals surface area contributed by atoms with Crippen LogP contribution in [0.15, 0.2) is 72.5 Å². The average Bonchev–Trinajstić information content (AvgIpc) is 3.13. The van der Waals surface area contributed by atoms with Gasteiger partial charge in [0.1, 0.15) is 11.5 Å². The highest BCUT2D eigenvalue weighted by molar-refractivity contribution is 6.14. The first-order valence-corrected chi connectivity index (χ1v) is 10.7. The molecule has 172 valence electrons. The molecule has 0 N–H and O–H groups in total. The molecular formula is C28H24O6. The van der Waals surface area contributed by atoms with Gasteiger partial charge in [-0.05, 0) is 59.0 Å². The van der Waals surface area contributed by atoms with Crippen LogP contribution < -0.4 is 9.47 Å². The zero-order chi connectivity index (χ0) is 24.5. The normalized spacial score (nSPS) is 13.9. The summed E-state index contributed by atoms with van der Waals surface area (Å²) in [7, 11) is 1.31. The zero-order valence-electron chi connectivity index (χ0n) is 19.4. The van der Waals surface area contributed by atoms with Gasteiger partial charge in [0, 0.05) is 6.07 Å². The SMILES string of the molecule is COC(=O)c1ccc(/C=C2\Oc3cc(OC(=O)c4ccc(C(C)(C)C)cc4)ccc3C2=O)cc1. The number of fused-ring (bicyclic) bond motifs is 1. The van der Waals surface area contributed by atoms with Crippen molar-refractivity contribution in [1.82, 2.24) is 0 Å². The Morgan fingerprint density at radius 1 is 0.853 bits per heavy atom. The van der Waals surface area contributed by atoms with E-state index in [1.807, 2.05) is 12.1 Å². The average molecular weight is 456 g/mol. The van der Waals surface area contributed by atoms with Crippen molar-refractivity contribution in [3.8, 4) is 11.5 Å². The minimum Gasteiger partial charge on any atom is -0.465 e. The number of rotatable bonds is 4. The molecule has 0 aromatic heterocycles. The summed E-state index contributed by atoms with van der Waals surface area (Å²) in [5.41, 5.74) is 3.02. The summed E-state index contributed by atoms with van der Waals surface area (Å²) in [6.07, 6.45) is 1.59. The Kier molecular flexibility index (Phi) is 6.07. The van der Waals surface area contributed by atoms with Crippen LogP contribution in [-0.4, -0.2) is 24.8 Å². The molecular weight excluding hydrogens is 432 g/mol. The van der Waals surface area contributed by atoms with Gasteiger partial charge < -0.3 is 14.2 Å². The molecule has 34 heavy (non-hydrogen) atoms. The topological polar surface area (TPSA) is 78.9 Å². The number of ketones is 1. The van der Waals surface area contributed by atoms with Crippen LogP contribution in [0.3, 0.4) is 0 Å². The van der Waals surface area contributed by atoms with E-state index in [4.69, 9.17) is 9.47 Å². The van der Waals surface area contributed by atoms with Gasteiger partial charge in [-0.2, -0.15) is 0 Å². The summed E-state index contributed by atoms with van der Waals surface area (Å²) < 4.78 is 15.9. The molecule has 0 bridgehead atoms. The van der Waals surface area contributed by atoms with E-state index in [1.54, 1.807) is 54.6 Å². The molecule has 3 aromatic rings. The number of methoxy groups -OCH3 is 1. The maximum atomic E-state index is 12.7. The number of esters is 2. The Balaban J connectivity index is 1.48. The molecule has 1 aliphatic heterocycles.